The summed E-state index contributed by atoms with van der Waals surface area (Å²) >= 11 is 6.14. The van der Waals surface area contributed by atoms with Gasteiger partial charge in [-0.15, -0.1) is 0 Å². The predicted octanol–water partition coefficient (Wildman–Crippen LogP) is 1.16. The van der Waals surface area contributed by atoms with Gasteiger partial charge in [0, 0.05) is 42.2 Å². The number of nitrogens with zero attached hydrogens (tertiary/aromatic N) is 2. The van der Waals surface area contributed by atoms with E-state index in [1.807, 2.05) is 6.07 Å². The van der Waals surface area contributed by atoms with Crippen molar-refractivity contribution in [2.75, 3.05) is 19.8 Å². The number of rotatable bonds is 2. The second-order valence-electron chi connectivity index (χ2n) is 7.14. The SMILES string of the molecule is O=C(Cn1ccc(=O)[nH]c1=O)N1Cc2cc(Cl)ccc2OC2(CCOCC2)C1. The average Bonchev–Trinajstić information content (AvgIpc) is 2.81. The molecule has 1 saturated heterocycles. The van der Waals surface area contributed by atoms with Crippen LogP contribution in [0.5, 0.6) is 5.75 Å². The van der Waals surface area contributed by atoms with Crippen LogP contribution in [-0.4, -0.2) is 45.7 Å². The molecule has 8 nitrogen and oxygen atoms in total. The Balaban J connectivity index is 1.65. The summed E-state index contributed by atoms with van der Waals surface area (Å²) in [5, 5.41) is 0.564. The molecule has 3 heterocycles. The summed E-state index contributed by atoms with van der Waals surface area (Å²) in [5.74, 6) is 0.472. The van der Waals surface area contributed by atoms with Gasteiger partial charge in [0.1, 0.15) is 17.9 Å². The molecule has 0 bridgehead atoms. The van der Waals surface area contributed by atoms with Crippen molar-refractivity contribution in [1.82, 2.24) is 14.5 Å². The van der Waals surface area contributed by atoms with E-state index in [1.54, 1.807) is 17.0 Å². The minimum absolute atomic E-state index is 0.169. The number of ether oxygens (including phenoxy) is 2. The lowest BCUT2D eigenvalue weighted by molar-refractivity contribution is -0.137. The molecule has 9 heteroatoms. The summed E-state index contributed by atoms with van der Waals surface area (Å²) < 4.78 is 13.0. The van der Waals surface area contributed by atoms with Crippen LogP contribution in [0.25, 0.3) is 0 Å². The Kier molecular flexibility index (Phi) is 4.99. The lowest BCUT2D eigenvalue weighted by atomic mass is 9.93. The zero-order valence-corrected chi connectivity index (χ0v) is 15.9. The van der Waals surface area contributed by atoms with E-state index in [9.17, 15) is 14.4 Å². The first-order valence-electron chi connectivity index (χ1n) is 9.07. The van der Waals surface area contributed by atoms with Crippen molar-refractivity contribution in [3.05, 3.63) is 61.9 Å². The minimum Gasteiger partial charge on any atom is -0.485 e. The Labute approximate surface area is 165 Å². The topological polar surface area (TPSA) is 93.6 Å². The summed E-state index contributed by atoms with van der Waals surface area (Å²) in [4.78, 5) is 40.1. The van der Waals surface area contributed by atoms with Crippen molar-refractivity contribution < 1.29 is 14.3 Å². The van der Waals surface area contributed by atoms with Crippen molar-refractivity contribution in [3.63, 3.8) is 0 Å². The van der Waals surface area contributed by atoms with E-state index < -0.39 is 16.9 Å². The molecule has 28 heavy (non-hydrogen) atoms. The summed E-state index contributed by atoms with van der Waals surface area (Å²) in [6.07, 6.45) is 2.65. The monoisotopic (exact) mass is 405 g/mol. The quantitative estimate of drug-likeness (QED) is 0.809. The maximum Gasteiger partial charge on any atom is 0.328 e. The third-order valence-electron chi connectivity index (χ3n) is 5.15. The van der Waals surface area contributed by atoms with Crippen molar-refractivity contribution in [2.45, 2.75) is 31.5 Å². The minimum atomic E-state index is -0.615. The molecule has 1 aromatic heterocycles. The van der Waals surface area contributed by atoms with E-state index in [0.29, 0.717) is 49.9 Å². The fourth-order valence-corrected chi connectivity index (χ4v) is 3.84. The van der Waals surface area contributed by atoms with E-state index in [-0.39, 0.29) is 12.5 Å². The van der Waals surface area contributed by atoms with Crippen molar-refractivity contribution in [3.8, 4) is 5.75 Å². The van der Waals surface area contributed by atoms with E-state index in [0.717, 1.165) is 5.56 Å². The van der Waals surface area contributed by atoms with E-state index in [2.05, 4.69) is 4.98 Å². The first-order chi connectivity index (χ1) is 13.4. The standard InChI is InChI=1S/C19H20ClN3O5/c20-14-1-2-15-13(9-14)10-23(12-19(28-15)4-7-27-8-5-19)17(25)11-22-6-3-16(24)21-18(22)26/h1-3,6,9H,4-5,7-8,10-12H2,(H,21,24,26). The van der Waals surface area contributed by atoms with Crippen LogP contribution < -0.4 is 16.0 Å². The zero-order valence-electron chi connectivity index (χ0n) is 15.2. The summed E-state index contributed by atoms with van der Waals surface area (Å²) in [5.41, 5.74) is -0.834. The van der Waals surface area contributed by atoms with E-state index >= 15 is 0 Å². The van der Waals surface area contributed by atoms with Crippen LogP contribution >= 0.6 is 11.6 Å². The second kappa shape index (κ2) is 7.44. The number of aromatic amines is 1. The third-order valence-corrected chi connectivity index (χ3v) is 5.38. The number of nitrogens with one attached hydrogen (secondary N) is 1. The molecule has 0 aliphatic carbocycles. The largest absolute Gasteiger partial charge is 0.485 e. The lowest BCUT2D eigenvalue weighted by Gasteiger charge is -2.39. The number of carbonyl (C=O) groups excluding carboxylic acids is 1. The molecule has 0 unspecified atom stereocenters. The molecule has 1 fully saturated rings. The van der Waals surface area contributed by atoms with Gasteiger partial charge in [0.25, 0.3) is 5.56 Å². The van der Waals surface area contributed by atoms with Crippen LogP contribution in [0.15, 0.2) is 40.1 Å². The number of H-pyrrole nitrogens is 1. The number of hydrogen-bond donors (Lipinski definition) is 1. The Morgan fingerprint density at radius 3 is 2.75 bits per heavy atom. The van der Waals surface area contributed by atoms with Crippen molar-refractivity contribution >= 4 is 17.5 Å². The molecule has 0 radical (unpaired) electrons. The van der Waals surface area contributed by atoms with Gasteiger partial charge >= 0.3 is 5.69 Å². The second-order valence-corrected chi connectivity index (χ2v) is 7.57. The summed E-state index contributed by atoms with van der Waals surface area (Å²) in [6, 6.07) is 6.61. The summed E-state index contributed by atoms with van der Waals surface area (Å²) in [7, 11) is 0. The molecule has 148 valence electrons. The molecule has 2 aliphatic rings. The highest BCUT2D eigenvalue weighted by molar-refractivity contribution is 6.30. The number of amides is 1. The molecule has 0 atom stereocenters. The predicted molar refractivity (Wildman–Crippen MR) is 102 cm³/mol. The molecule has 2 aliphatic heterocycles. The number of benzene rings is 1. The third kappa shape index (κ3) is 3.83. The Morgan fingerprint density at radius 1 is 1.21 bits per heavy atom. The molecule has 0 saturated carbocycles. The number of hydrogen-bond acceptors (Lipinski definition) is 5. The molecule has 1 amide bonds. The van der Waals surface area contributed by atoms with Crippen LogP contribution in [-0.2, 0) is 22.6 Å². The molecule has 4 rings (SSSR count). The van der Waals surface area contributed by atoms with Crippen LogP contribution in [0.4, 0.5) is 0 Å². The summed E-state index contributed by atoms with van der Waals surface area (Å²) in [6.45, 7) is 1.67. The molecular formula is C19H20ClN3O5. The smallest absolute Gasteiger partial charge is 0.328 e. The Bertz CT molecular complexity index is 1010. The average molecular weight is 406 g/mol. The maximum atomic E-state index is 13.0. The Hall–Kier alpha value is -2.58. The van der Waals surface area contributed by atoms with Crippen LogP contribution in [0, 0.1) is 0 Å². The molecule has 1 spiro atoms. The molecule has 1 aromatic carbocycles. The number of halogens is 1. The molecule has 1 N–H and O–H groups in total. The lowest BCUT2D eigenvalue weighted by Crippen LogP contribution is -2.51. The van der Waals surface area contributed by atoms with E-state index in [1.165, 1.54) is 16.8 Å². The van der Waals surface area contributed by atoms with Crippen LogP contribution in [0.2, 0.25) is 5.02 Å². The first-order valence-corrected chi connectivity index (χ1v) is 9.45. The van der Waals surface area contributed by atoms with Crippen LogP contribution in [0.3, 0.4) is 0 Å². The van der Waals surface area contributed by atoms with Gasteiger partial charge in [-0.05, 0) is 18.2 Å². The molecular weight excluding hydrogens is 386 g/mol. The number of aromatic nitrogens is 2. The highest BCUT2D eigenvalue weighted by Gasteiger charge is 2.40. The maximum absolute atomic E-state index is 13.0. The normalized spacial score (nSPS) is 18.2. The first kappa shape index (κ1) is 18.8. The molecule has 2 aromatic rings. The van der Waals surface area contributed by atoms with Gasteiger partial charge in [0.15, 0.2) is 0 Å². The Morgan fingerprint density at radius 2 is 2.00 bits per heavy atom. The fraction of sp³-hybridized carbons (Fsp3) is 0.421. The number of carbonyl (C=O) groups is 1. The van der Waals surface area contributed by atoms with Gasteiger partial charge in [-0.3, -0.25) is 19.1 Å². The number of fused-ring (bicyclic) bond motifs is 1. The van der Waals surface area contributed by atoms with Gasteiger partial charge in [-0.2, -0.15) is 0 Å². The van der Waals surface area contributed by atoms with E-state index in [4.69, 9.17) is 21.1 Å². The van der Waals surface area contributed by atoms with Gasteiger partial charge in [0.2, 0.25) is 5.91 Å². The van der Waals surface area contributed by atoms with Crippen molar-refractivity contribution in [2.24, 2.45) is 0 Å². The van der Waals surface area contributed by atoms with Crippen molar-refractivity contribution in [1.29, 1.82) is 0 Å². The van der Waals surface area contributed by atoms with Gasteiger partial charge in [-0.1, -0.05) is 11.6 Å². The highest BCUT2D eigenvalue weighted by atomic mass is 35.5. The fourth-order valence-electron chi connectivity index (χ4n) is 3.64. The zero-order chi connectivity index (χ0) is 19.7. The van der Waals surface area contributed by atoms with Gasteiger partial charge in [-0.25, -0.2) is 4.79 Å². The van der Waals surface area contributed by atoms with Crippen LogP contribution in [0.1, 0.15) is 18.4 Å². The van der Waals surface area contributed by atoms with Gasteiger partial charge in [0.05, 0.1) is 19.8 Å². The highest BCUT2D eigenvalue weighted by Crippen LogP contribution is 2.36. The van der Waals surface area contributed by atoms with Gasteiger partial charge < -0.3 is 14.4 Å².